The molecule has 1 aromatic heterocycles. The Labute approximate surface area is 168 Å². The Bertz CT molecular complexity index is 927. The second-order valence-electron chi connectivity index (χ2n) is 5.91. The SMILES string of the molecule is CCc1ccc(Cl)c(CC)c1NC(=O)CSc1ncn(-c2ccccc2)n1. The molecule has 0 unspecified atom stereocenters. The van der Waals surface area contributed by atoms with E-state index in [-0.39, 0.29) is 11.7 Å². The molecule has 0 spiro atoms. The minimum Gasteiger partial charge on any atom is -0.325 e. The number of halogens is 1. The smallest absolute Gasteiger partial charge is 0.234 e. The first-order chi connectivity index (χ1) is 13.1. The number of hydrogen-bond donors (Lipinski definition) is 1. The van der Waals surface area contributed by atoms with Crippen molar-refractivity contribution in [2.45, 2.75) is 31.8 Å². The Morgan fingerprint density at radius 3 is 2.63 bits per heavy atom. The summed E-state index contributed by atoms with van der Waals surface area (Å²) in [6.07, 6.45) is 3.24. The summed E-state index contributed by atoms with van der Waals surface area (Å²) in [5.41, 5.74) is 3.82. The zero-order valence-electron chi connectivity index (χ0n) is 15.3. The topological polar surface area (TPSA) is 59.8 Å². The number of amides is 1. The van der Waals surface area contributed by atoms with Gasteiger partial charge < -0.3 is 5.32 Å². The van der Waals surface area contributed by atoms with Crippen LogP contribution < -0.4 is 5.32 Å². The summed E-state index contributed by atoms with van der Waals surface area (Å²) in [5, 5.41) is 8.68. The molecule has 0 bridgehead atoms. The maximum absolute atomic E-state index is 12.5. The van der Waals surface area contributed by atoms with Gasteiger partial charge in [-0.15, -0.1) is 5.10 Å². The third kappa shape index (κ3) is 4.70. The molecular weight excluding hydrogens is 380 g/mol. The summed E-state index contributed by atoms with van der Waals surface area (Å²) in [6.45, 7) is 4.10. The number of carbonyl (C=O) groups excluding carboxylic acids is 1. The zero-order valence-corrected chi connectivity index (χ0v) is 16.8. The number of para-hydroxylation sites is 1. The number of benzene rings is 2. The van der Waals surface area contributed by atoms with E-state index in [1.54, 1.807) is 11.0 Å². The maximum Gasteiger partial charge on any atom is 0.234 e. The standard InChI is InChI=1S/C20H21ClN4OS/c1-3-14-10-11-17(21)16(4-2)19(14)23-18(26)12-27-20-22-13-25(24-20)15-8-6-5-7-9-15/h5-11,13H,3-4,12H2,1-2H3,(H,23,26). The largest absolute Gasteiger partial charge is 0.325 e. The number of nitrogens with one attached hydrogen (secondary N) is 1. The predicted octanol–water partition coefficient (Wildman–Crippen LogP) is 4.78. The van der Waals surface area contributed by atoms with Gasteiger partial charge in [0.25, 0.3) is 0 Å². The first-order valence-electron chi connectivity index (χ1n) is 8.82. The third-order valence-electron chi connectivity index (χ3n) is 4.16. The van der Waals surface area contributed by atoms with E-state index in [0.717, 1.165) is 35.3 Å². The normalized spacial score (nSPS) is 10.8. The second-order valence-corrected chi connectivity index (χ2v) is 7.26. The van der Waals surface area contributed by atoms with Crippen LogP contribution in [0.3, 0.4) is 0 Å². The van der Waals surface area contributed by atoms with Crippen LogP contribution in [0.1, 0.15) is 25.0 Å². The molecule has 27 heavy (non-hydrogen) atoms. The number of nitrogens with zero attached hydrogens (tertiary/aromatic N) is 3. The molecule has 0 aliphatic rings. The van der Waals surface area contributed by atoms with Gasteiger partial charge in [0.05, 0.1) is 11.4 Å². The number of anilines is 1. The molecular formula is C20H21ClN4OS. The van der Waals surface area contributed by atoms with E-state index in [0.29, 0.717) is 10.2 Å². The Balaban J connectivity index is 1.66. The number of carbonyl (C=O) groups is 1. The minimum absolute atomic E-state index is 0.0947. The highest BCUT2D eigenvalue weighted by Crippen LogP contribution is 2.29. The molecule has 2 aromatic carbocycles. The van der Waals surface area contributed by atoms with E-state index in [1.165, 1.54) is 11.8 Å². The van der Waals surface area contributed by atoms with Crippen LogP contribution >= 0.6 is 23.4 Å². The molecule has 1 heterocycles. The van der Waals surface area contributed by atoms with Gasteiger partial charge in [0, 0.05) is 10.7 Å². The average molecular weight is 401 g/mol. The van der Waals surface area contributed by atoms with E-state index < -0.39 is 0 Å². The number of aromatic nitrogens is 3. The lowest BCUT2D eigenvalue weighted by Gasteiger charge is -2.15. The number of thioether (sulfide) groups is 1. The van der Waals surface area contributed by atoms with E-state index in [9.17, 15) is 4.79 Å². The molecule has 0 aliphatic carbocycles. The van der Waals surface area contributed by atoms with Crippen LogP contribution in [0.5, 0.6) is 0 Å². The molecule has 1 N–H and O–H groups in total. The summed E-state index contributed by atoms with van der Waals surface area (Å²) in [4.78, 5) is 16.7. The van der Waals surface area contributed by atoms with E-state index in [1.807, 2.05) is 49.4 Å². The van der Waals surface area contributed by atoms with Gasteiger partial charge >= 0.3 is 0 Å². The van der Waals surface area contributed by atoms with Crippen molar-refractivity contribution < 1.29 is 4.79 Å². The second kappa shape index (κ2) is 9.06. The first-order valence-corrected chi connectivity index (χ1v) is 10.2. The van der Waals surface area contributed by atoms with Crippen LogP contribution in [-0.4, -0.2) is 26.4 Å². The highest BCUT2D eigenvalue weighted by molar-refractivity contribution is 7.99. The van der Waals surface area contributed by atoms with Crippen LogP contribution in [0.15, 0.2) is 53.9 Å². The highest BCUT2D eigenvalue weighted by Gasteiger charge is 2.14. The Kier molecular flexibility index (Phi) is 6.53. The maximum atomic E-state index is 12.5. The molecule has 140 valence electrons. The number of aryl methyl sites for hydroxylation is 1. The van der Waals surface area contributed by atoms with Crippen molar-refractivity contribution in [3.63, 3.8) is 0 Å². The van der Waals surface area contributed by atoms with Crippen LogP contribution in [0.25, 0.3) is 5.69 Å². The molecule has 7 heteroatoms. The van der Waals surface area contributed by atoms with Crippen LogP contribution in [0.4, 0.5) is 5.69 Å². The van der Waals surface area contributed by atoms with E-state index in [4.69, 9.17) is 11.6 Å². The van der Waals surface area contributed by atoms with Gasteiger partial charge in [0.2, 0.25) is 11.1 Å². The van der Waals surface area contributed by atoms with Gasteiger partial charge in [-0.1, -0.05) is 61.5 Å². The molecule has 0 radical (unpaired) electrons. The fraction of sp³-hybridized carbons (Fsp3) is 0.250. The third-order valence-corrected chi connectivity index (χ3v) is 5.37. The van der Waals surface area contributed by atoms with Gasteiger partial charge in [-0.2, -0.15) is 0 Å². The number of rotatable bonds is 7. The van der Waals surface area contributed by atoms with Crippen LogP contribution in [-0.2, 0) is 17.6 Å². The Morgan fingerprint density at radius 1 is 1.15 bits per heavy atom. The Hall–Kier alpha value is -2.31. The number of hydrogen-bond acceptors (Lipinski definition) is 4. The minimum atomic E-state index is -0.0947. The van der Waals surface area contributed by atoms with Gasteiger partial charge in [-0.05, 0) is 42.2 Å². The zero-order chi connectivity index (χ0) is 19.2. The fourth-order valence-electron chi connectivity index (χ4n) is 2.79. The van der Waals surface area contributed by atoms with E-state index in [2.05, 4.69) is 22.3 Å². The summed E-state index contributed by atoms with van der Waals surface area (Å²) in [7, 11) is 0. The first kappa shape index (κ1) is 19.5. The highest BCUT2D eigenvalue weighted by atomic mass is 35.5. The lowest BCUT2D eigenvalue weighted by molar-refractivity contribution is -0.113. The molecule has 0 atom stereocenters. The fourth-order valence-corrected chi connectivity index (χ4v) is 3.68. The molecule has 0 fully saturated rings. The summed E-state index contributed by atoms with van der Waals surface area (Å²) in [6, 6.07) is 13.6. The van der Waals surface area contributed by atoms with E-state index >= 15 is 0 Å². The van der Waals surface area contributed by atoms with Crippen molar-refractivity contribution in [2.75, 3.05) is 11.1 Å². The van der Waals surface area contributed by atoms with Crippen molar-refractivity contribution in [1.82, 2.24) is 14.8 Å². The summed E-state index contributed by atoms with van der Waals surface area (Å²) >= 11 is 7.60. The van der Waals surface area contributed by atoms with Crippen molar-refractivity contribution in [3.05, 3.63) is 64.9 Å². The van der Waals surface area contributed by atoms with Gasteiger partial charge in [-0.3, -0.25) is 4.79 Å². The molecule has 3 aromatic rings. The average Bonchev–Trinajstić information content (AvgIpc) is 3.17. The van der Waals surface area contributed by atoms with Gasteiger partial charge in [-0.25, -0.2) is 9.67 Å². The molecule has 5 nitrogen and oxygen atoms in total. The summed E-state index contributed by atoms with van der Waals surface area (Å²) < 4.78 is 1.70. The lowest BCUT2D eigenvalue weighted by Crippen LogP contribution is -2.17. The predicted molar refractivity (Wildman–Crippen MR) is 111 cm³/mol. The van der Waals surface area contributed by atoms with Crippen molar-refractivity contribution in [3.8, 4) is 5.69 Å². The molecule has 0 saturated carbocycles. The molecule has 0 aliphatic heterocycles. The monoisotopic (exact) mass is 400 g/mol. The quantitative estimate of drug-likeness (QED) is 0.580. The van der Waals surface area contributed by atoms with Crippen molar-refractivity contribution >= 4 is 35.0 Å². The van der Waals surface area contributed by atoms with Gasteiger partial charge in [0.15, 0.2) is 0 Å². The van der Waals surface area contributed by atoms with Crippen molar-refractivity contribution in [2.24, 2.45) is 0 Å². The van der Waals surface area contributed by atoms with Crippen LogP contribution in [0.2, 0.25) is 5.02 Å². The molecule has 0 saturated heterocycles. The summed E-state index contributed by atoms with van der Waals surface area (Å²) in [5.74, 6) is 0.139. The van der Waals surface area contributed by atoms with Crippen LogP contribution in [0, 0.1) is 0 Å². The Morgan fingerprint density at radius 2 is 1.93 bits per heavy atom. The van der Waals surface area contributed by atoms with Crippen molar-refractivity contribution in [1.29, 1.82) is 0 Å². The molecule has 1 amide bonds. The lowest BCUT2D eigenvalue weighted by atomic mass is 10.0. The van der Waals surface area contributed by atoms with Gasteiger partial charge in [0.1, 0.15) is 6.33 Å². The molecule has 3 rings (SSSR count).